The molecule has 0 amide bonds. The molecular formula is C20H22FN3O2. The highest BCUT2D eigenvalue weighted by molar-refractivity contribution is 5.63. The molecule has 0 unspecified atom stereocenters. The highest BCUT2D eigenvalue weighted by Gasteiger charge is 2.13. The molecule has 5 nitrogen and oxygen atoms in total. The smallest absolute Gasteiger partial charge is 0.169 e. The Labute approximate surface area is 152 Å². The summed E-state index contributed by atoms with van der Waals surface area (Å²) in [7, 11) is 3.21. The SMILES string of the molecule is COC(CNCc1cn(-c2ccccc2)nc1-c1ccc(F)cc1)OC. The monoisotopic (exact) mass is 355 g/mol. The molecule has 3 rings (SSSR count). The van der Waals surface area contributed by atoms with Gasteiger partial charge in [0.15, 0.2) is 6.29 Å². The van der Waals surface area contributed by atoms with Crippen molar-refractivity contribution in [3.05, 3.63) is 72.2 Å². The maximum absolute atomic E-state index is 13.3. The first kappa shape index (κ1) is 18.3. The number of ether oxygens (including phenoxy) is 2. The lowest BCUT2D eigenvalue weighted by Crippen LogP contribution is -2.29. The standard InChI is InChI=1S/C20H22FN3O2/c1-25-19(26-2)13-22-12-16-14-24(18-6-4-3-5-7-18)23-20(16)15-8-10-17(21)11-9-15/h3-11,14,19,22H,12-13H2,1-2H3. The maximum atomic E-state index is 13.3. The zero-order valence-corrected chi connectivity index (χ0v) is 14.9. The molecule has 0 saturated heterocycles. The Kier molecular flexibility index (Phi) is 6.12. The van der Waals surface area contributed by atoms with Gasteiger partial charge in [0.2, 0.25) is 0 Å². The molecule has 1 heterocycles. The molecule has 26 heavy (non-hydrogen) atoms. The molecule has 0 radical (unpaired) electrons. The topological polar surface area (TPSA) is 48.3 Å². The number of hydrogen-bond donors (Lipinski definition) is 1. The molecule has 136 valence electrons. The Morgan fingerprint density at radius 1 is 1.04 bits per heavy atom. The van der Waals surface area contributed by atoms with Crippen LogP contribution in [0.4, 0.5) is 4.39 Å². The number of aromatic nitrogens is 2. The highest BCUT2D eigenvalue weighted by atomic mass is 19.1. The van der Waals surface area contributed by atoms with E-state index in [2.05, 4.69) is 5.32 Å². The lowest BCUT2D eigenvalue weighted by atomic mass is 10.1. The fourth-order valence-corrected chi connectivity index (χ4v) is 2.69. The summed E-state index contributed by atoms with van der Waals surface area (Å²) in [5, 5.41) is 8.02. The first-order valence-corrected chi connectivity index (χ1v) is 8.37. The second kappa shape index (κ2) is 8.71. The van der Waals surface area contributed by atoms with Crippen molar-refractivity contribution in [2.75, 3.05) is 20.8 Å². The molecule has 0 fully saturated rings. The van der Waals surface area contributed by atoms with E-state index in [0.29, 0.717) is 13.1 Å². The summed E-state index contributed by atoms with van der Waals surface area (Å²) in [6, 6.07) is 16.2. The second-order valence-corrected chi connectivity index (χ2v) is 5.82. The molecule has 1 aromatic heterocycles. The number of rotatable bonds is 8. The van der Waals surface area contributed by atoms with Gasteiger partial charge in [-0.15, -0.1) is 0 Å². The summed E-state index contributed by atoms with van der Waals surface area (Å²) >= 11 is 0. The molecule has 0 spiro atoms. The van der Waals surface area contributed by atoms with Crippen molar-refractivity contribution in [3.8, 4) is 16.9 Å². The minimum absolute atomic E-state index is 0.265. The Morgan fingerprint density at radius 2 is 1.73 bits per heavy atom. The Morgan fingerprint density at radius 3 is 2.38 bits per heavy atom. The average Bonchev–Trinajstić information content (AvgIpc) is 3.11. The van der Waals surface area contributed by atoms with E-state index in [-0.39, 0.29) is 12.1 Å². The number of hydrogen-bond acceptors (Lipinski definition) is 4. The van der Waals surface area contributed by atoms with Gasteiger partial charge in [-0.3, -0.25) is 0 Å². The molecule has 0 aliphatic carbocycles. The van der Waals surface area contributed by atoms with Crippen LogP contribution >= 0.6 is 0 Å². The molecule has 0 saturated carbocycles. The van der Waals surface area contributed by atoms with Crippen molar-refractivity contribution in [2.45, 2.75) is 12.8 Å². The minimum atomic E-state index is -0.312. The zero-order chi connectivity index (χ0) is 18.4. The largest absolute Gasteiger partial charge is 0.355 e. The minimum Gasteiger partial charge on any atom is -0.355 e. The predicted octanol–water partition coefficient (Wildman–Crippen LogP) is 3.39. The van der Waals surface area contributed by atoms with E-state index < -0.39 is 0 Å². The van der Waals surface area contributed by atoms with Gasteiger partial charge in [0.1, 0.15) is 5.82 Å². The molecular weight excluding hydrogens is 333 g/mol. The summed E-state index contributed by atoms with van der Waals surface area (Å²) in [5.74, 6) is -0.265. The number of benzene rings is 2. The molecule has 6 heteroatoms. The Bertz CT molecular complexity index is 815. The maximum Gasteiger partial charge on any atom is 0.169 e. The zero-order valence-electron chi connectivity index (χ0n) is 14.9. The fourth-order valence-electron chi connectivity index (χ4n) is 2.69. The summed E-state index contributed by atoms with van der Waals surface area (Å²) in [5.41, 5.74) is 3.65. The van der Waals surface area contributed by atoms with Crippen LogP contribution in [0.3, 0.4) is 0 Å². The van der Waals surface area contributed by atoms with Crippen LogP contribution in [-0.2, 0) is 16.0 Å². The molecule has 0 atom stereocenters. The number of nitrogens with zero attached hydrogens (tertiary/aromatic N) is 2. The van der Waals surface area contributed by atoms with Gasteiger partial charge in [0.25, 0.3) is 0 Å². The van der Waals surface area contributed by atoms with Crippen LogP contribution in [0.25, 0.3) is 16.9 Å². The van der Waals surface area contributed by atoms with Gasteiger partial charge in [-0.2, -0.15) is 5.10 Å². The lowest BCUT2D eigenvalue weighted by molar-refractivity contribution is -0.0989. The van der Waals surface area contributed by atoms with E-state index in [1.807, 2.05) is 41.2 Å². The van der Waals surface area contributed by atoms with Gasteiger partial charge >= 0.3 is 0 Å². The summed E-state index contributed by atoms with van der Waals surface area (Å²) in [6.07, 6.45) is 1.67. The van der Waals surface area contributed by atoms with E-state index in [0.717, 1.165) is 22.5 Å². The molecule has 0 aliphatic heterocycles. The van der Waals surface area contributed by atoms with Crippen LogP contribution in [-0.4, -0.2) is 36.8 Å². The lowest BCUT2D eigenvalue weighted by Gasteiger charge is -2.13. The highest BCUT2D eigenvalue weighted by Crippen LogP contribution is 2.24. The summed E-state index contributed by atoms with van der Waals surface area (Å²) in [4.78, 5) is 0. The van der Waals surface area contributed by atoms with Crippen molar-refractivity contribution in [1.29, 1.82) is 0 Å². The van der Waals surface area contributed by atoms with E-state index >= 15 is 0 Å². The van der Waals surface area contributed by atoms with Crippen molar-refractivity contribution in [3.63, 3.8) is 0 Å². The summed E-state index contributed by atoms with van der Waals surface area (Å²) < 4.78 is 25.5. The molecule has 1 N–H and O–H groups in total. The van der Waals surface area contributed by atoms with Gasteiger partial charge in [0, 0.05) is 44.6 Å². The normalized spacial score (nSPS) is 11.2. The first-order chi connectivity index (χ1) is 12.7. The van der Waals surface area contributed by atoms with E-state index in [9.17, 15) is 4.39 Å². The molecule has 0 bridgehead atoms. The van der Waals surface area contributed by atoms with Gasteiger partial charge < -0.3 is 14.8 Å². The average molecular weight is 355 g/mol. The van der Waals surface area contributed by atoms with Gasteiger partial charge in [0.05, 0.1) is 11.4 Å². The van der Waals surface area contributed by atoms with E-state index in [1.54, 1.807) is 26.4 Å². The van der Waals surface area contributed by atoms with Crippen LogP contribution in [0.1, 0.15) is 5.56 Å². The van der Waals surface area contributed by atoms with Crippen LogP contribution in [0.15, 0.2) is 60.8 Å². The molecule has 2 aromatic carbocycles. The first-order valence-electron chi connectivity index (χ1n) is 8.37. The van der Waals surface area contributed by atoms with Gasteiger partial charge in [-0.1, -0.05) is 18.2 Å². The van der Waals surface area contributed by atoms with Crippen LogP contribution < -0.4 is 5.32 Å². The molecule has 3 aromatic rings. The van der Waals surface area contributed by atoms with Crippen LogP contribution in [0.5, 0.6) is 0 Å². The number of methoxy groups -OCH3 is 2. The third-order valence-corrected chi connectivity index (χ3v) is 4.08. The van der Waals surface area contributed by atoms with Crippen molar-refractivity contribution in [2.24, 2.45) is 0 Å². The Hall–Kier alpha value is -2.54. The van der Waals surface area contributed by atoms with E-state index in [1.165, 1.54) is 12.1 Å². The van der Waals surface area contributed by atoms with Crippen molar-refractivity contribution in [1.82, 2.24) is 15.1 Å². The fraction of sp³-hybridized carbons (Fsp3) is 0.250. The number of para-hydroxylation sites is 1. The van der Waals surface area contributed by atoms with Crippen LogP contribution in [0, 0.1) is 5.82 Å². The number of nitrogens with one attached hydrogen (secondary N) is 1. The third-order valence-electron chi connectivity index (χ3n) is 4.08. The molecule has 0 aliphatic rings. The third kappa shape index (κ3) is 4.35. The number of halogens is 1. The Balaban J connectivity index is 1.87. The second-order valence-electron chi connectivity index (χ2n) is 5.82. The van der Waals surface area contributed by atoms with Crippen molar-refractivity contribution < 1.29 is 13.9 Å². The predicted molar refractivity (Wildman–Crippen MR) is 98.5 cm³/mol. The van der Waals surface area contributed by atoms with Crippen molar-refractivity contribution >= 4 is 0 Å². The quantitative estimate of drug-likeness (QED) is 0.629. The van der Waals surface area contributed by atoms with Gasteiger partial charge in [-0.05, 0) is 36.4 Å². The van der Waals surface area contributed by atoms with E-state index in [4.69, 9.17) is 14.6 Å². The summed E-state index contributed by atoms with van der Waals surface area (Å²) in [6.45, 7) is 1.13. The van der Waals surface area contributed by atoms with Gasteiger partial charge in [-0.25, -0.2) is 9.07 Å². The van der Waals surface area contributed by atoms with Crippen LogP contribution in [0.2, 0.25) is 0 Å².